The molecule has 13 heavy (non-hydrogen) atoms. The second-order valence-electron chi connectivity index (χ2n) is 4.64. The Labute approximate surface area is 81.5 Å². The summed E-state index contributed by atoms with van der Waals surface area (Å²) < 4.78 is 0. The van der Waals surface area contributed by atoms with Crippen LogP contribution in [-0.2, 0) is 0 Å². The summed E-state index contributed by atoms with van der Waals surface area (Å²) >= 11 is 0. The fourth-order valence-electron chi connectivity index (χ4n) is 2.15. The molecule has 0 aromatic heterocycles. The summed E-state index contributed by atoms with van der Waals surface area (Å²) in [5.74, 6) is 1.07. The van der Waals surface area contributed by atoms with Crippen molar-refractivity contribution in [2.24, 2.45) is 11.7 Å². The fraction of sp³-hybridized carbons (Fsp3) is 1.00. The van der Waals surface area contributed by atoms with Crippen molar-refractivity contribution in [2.45, 2.75) is 44.6 Å². The lowest BCUT2D eigenvalue weighted by Gasteiger charge is -2.37. The Balaban J connectivity index is 1.67. The lowest BCUT2D eigenvalue weighted by Crippen LogP contribution is -2.43. The maximum Gasteiger partial charge on any atom is 0.0108 e. The van der Waals surface area contributed by atoms with Gasteiger partial charge in [0.2, 0.25) is 0 Å². The molecule has 0 bridgehead atoms. The highest BCUT2D eigenvalue weighted by atomic mass is 15.2. The molecule has 0 aromatic carbocycles. The van der Waals surface area contributed by atoms with Gasteiger partial charge in [0.05, 0.1) is 0 Å². The van der Waals surface area contributed by atoms with Crippen molar-refractivity contribution < 1.29 is 0 Å². The monoisotopic (exact) mass is 182 g/mol. The summed E-state index contributed by atoms with van der Waals surface area (Å²) in [6.45, 7) is 3.27. The first kappa shape index (κ1) is 9.47. The second-order valence-corrected chi connectivity index (χ2v) is 4.64. The Hall–Kier alpha value is -0.0800. The number of hydrogen-bond acceptors (Lipinski definition) is 2. The van der Waals surface area contributed by atoms with Gasteiger partial charge in [-0.2, -0.15) is 0 Å². The molecule has 0 amide bonds. The minimum Gasteiger partial charge on any atom is -0.329 e. The van der Waals surface area contributed by atoms with Crippen molar-refractivity contribution in [3.05, 3.63) is 0 Å². The molecule has 2 rings (SSSR count). The van der Waals surface area contributed by atoms with E-state index in [1.807, 2.05) is 0 Å². The number of rotatable bonds is 6. The number of nitrogens with zero attached hydrogens (tertiary/aromatic N) is 1. The second kappa shape index (κ2) is 4.43. The van der Waals surface area contributed by atoms with Crippen molar-refractivity contribution in [3.63, 3.8) is 0 Å². The van der Waals surface area contributed by atoms with Crippen LogP contribution in [0.4, 0.5) is 0 Å². The molecule has 0 aromatic rings. The van der Waals surface area contributed by atoms with E-state index in [2.05, 4.69) is 4.90 Å². The van der Waals surface area contributed by atoms with Gasteiger partial charge in [-0.15, -0.1) is 0 Å². The molecular weight excluding hydrogens is 160 g/mol. The zero-order valence-electron chi connectivity index (χ0n) is 8.54. The third kappa shape index (κ3) is 2.68. The summed E-state index contributed by atoms with van der Waals surface area (Å²) in [5.41, 5.74) is 5.63. The Morgan fingerprint density at radius 3 is 2.31 bits per heavy atom. The Kier molecular flexibility index (Phi) is 3.23. The molecule has 0 radical (unpaired) electrons. The summed E-state index contributed by atoms with van der Waals surface area (Å²) in [6.07, 6.45) is 8.68. The molecule has 2 fully saturated rings. The van der Waals surface area contributed by atoms with Gasteiger partial charge in [-0.25, -0.2) is 0 Å². The fourth-order valence-corrected chi connectivity index (χ4v) is 2.15. The quantitative estimate of drug-likeness (QED) is 0.676. The van der Waals surface area contributed by atoms with Crippen LogP contribution in [0.25, 0.3) is 0 Å². The van der Waals surface area contributed by atoms with E-state index in [1.165, 1.54) is 45.1 Å². The number of nitrogens with two attached hydrogens (primary N) is 1. The molecular formula is C11H22N2. The molecule has 2 N–H and O–H groups in total. The van der Waals surface area contributed by atoms with Crippen LogP contribution in [0.3, 0.4) is 0 Å². The minimum absolute atomic E-state index is 0.834. The Morgan fingerprint density at radius 1 is 1.08 bits per heavy atom. The first-order valence-electron chi connectivity index (χ1n) is 5.84. The first-order chi connectivity index (χ1) is 6.40. The Bertz CT molecular complexity index is 150. The van der Waals surface area contributed by atoms with E-state index in [0.29, 0.717) is 0 Å². The van der Waals surface area contributed by atoms with E-state index in [9.17, 15) is 0 Å². The van der Waals surface area contributed by atoms with Crippen molar-refractivity contribution in [2.75, 3.05) is 19.6 Å². The van der Waals surface area contributed by atoms with Gasteiger partial charge in [0, 0.05) is 19.1 Å². The maximum atomic E-state index is 5.63. The zero-order valence-corrected chi connectivity index (χ0v) is 8.54. The predicted octanol–water partition coefficient (Wildman–Crippen LogP) is 1.60. The summed E-state index contributed by atoms with van der Waals surface area (Å²) in [5, 5.41) is 0. The van der Waals surface area contributed by atoms with Gasteiger partial charge < -0.3 is 5.73 Å². The van der Waals surface area contributed by atoms with E-state index in [4.69, 9.17) is 5.73 Å². The van der Waals surface area contributed by atoms with E-state index in [1.54, 1.807) is 0 Å². The van der Waals surface area contributed by atoms with Gasteiger partial charge in [0.15, 0.2) is 0 Å². The van der Waals surface area contributed by atoms with Crippen LogP contribution < -0.4 is 5.73 Å². The van der Waals surface area contributed by atoms with Crippen LogP contribution in [0.15, 0.2) is 0 Å². The number of hydrogen-bond donors (Lipinski definition) is 1. The van der Waals surface area contributed by atoms with Crippen LogP contribution in [0, 0.1) is 5.92 Å². The van der Waals surface area contributed by atoms with Crippen molar-refractivity contribution in [1.29, 1.82) is 0 Å². The molecule has 76 valence electrons. The van der Waals surface area contributed by atoms with Crippen LogP contribution in [-0.4, -0.2) is 30.6 Å². The molecule has 2 nitrogen and oxygen atoms in total. The molecule has 0 saturated heterocycles. The highest BCUT2D eigenvalue weighted by Gasteiger charge is 2.27. The van der Waals surface area contributed by atoms with E-state index in [-0.39, 0.29) is 0 Å². The third-order valence-electron chi connectivity index (χ3n) is 3.53. The molecule has 0 unspecified atom stereocenters. The van der Waals surface area contributed by atoms with Crippen molar-refractivity contribution >= 4 is 0 Å². The zero-order chi connectivity index (χ0) is 9.10. The molecule has 0 atom stereocenters. The molecule has 2 aliphatic carbocycles. The largest absolute Gasteiger partial charge is 0.329 e. The molecule has 2 aliphatic rings. The van der Waals surface area contributed by atoms with Gasteiger partial charge in [-0.1, -0.05) is 19.3 Å². The molecule has 0 heterocycles. The minimum atomic E-state index is 0.834. The van der Waals surface area contributed by atoms with E-state index < -0.39 is 0 Å². The summed E-state index contributed by atoms with van der Waals surface area (Å²) in [4.78, 5) is 2.63. The van der Waals surface area contributed by atoms with Gasteiger partial charge >= 0.3 is 0 Å². The predicted molar refractivity (Wildman–Crippen MR) is 55.6 cm³/mol. The average Bonchev–Trinajstić information content (AvgIpc) is 2.80. The average molecular weight is 182 g/mol. The van der Waals surface area contributed by atoms with Gasteiger partial charge in [-0.3, -0.25) is 4.90 Å². The first-order valence-corrected chi connectivity index (χ1v) is 5.84. The molecule has 0 spiro atoms. The maximum absolute atomic E-state index is 5.63. The molecule has 2 heteroatoms. The van der Waals surface area contributed by atoms with E-state index in [0.717, 1.165) is 25.0 Å². The van der Waals surface area contributed by atoms with Crippen LogP contribution in [0.5, 0.6) is 0 Å². The highest BCUT2D eigenvalue weighted by molar-refractivity contribution is 4.82. The highest BCUT2D eigenvalue weighted by Crippen LogP contribution is 2.33. The topological polar surface area (TPSA) is 29.3 Å². The van der Waals surface area contributed by atoms with Crippen LogP contribution in [0.2, 0.25) is 0 Å². The van der Waals surface area contributed by atoms with Gasteiger partial charge in [-0.05, 0) is 31.7 Å². The van der Waals surface area contributed by atoms with Crippen molar-refractivity contribution in [1.82, 2.24) is 4.90 Å². The molecule has 0 aliphatic heterocycles. The molecule has 2 saturated carbocycles. The Morgan fingerprint density at radius 2 is 1.85 bits per heavy atom. The summed E-state index contributed by atoms with van der Waals surface area (Å²) in [7, 11) is 0. The van der Waals surface area contributed by atoms with Gasteiger partial charge in [0.25, 0.3) is 0 Å². The van der Waals surface area contributed by atoms with Crippen molar-refractivity contribution in [3.8, 4) is 0 Å². The lowest BCUT2D eigenvalue weighted by atomic mass is 9.91. The summed E-state index contributed by atoms with van der Waals surface area (Å²) in [6, 6.07) is 0.891. The third-order valence-corrected chi connectivity index (χ3v) is 3.53. The van der Waals surface area contributed by atoms with Crippen LogP contribution in [0.1, 0.15) is 38.5 Å². The lowest BCUT2D eigenvalue weighted by molar-refractivity contribution is 0.127. The van der Waals surface area contributed by atoms with E-state index >= 15 is 0 Å². The van der Waals surface area contributed by atoms with Crippen LogP contribution >= 0.6 is 0 Å². The SMILES string of the molecule is NCCN(CCC1CC1)C1CCC1. The standard InChI is InChI=1S/C11H22N2/c12-7-9-13(11-2-1-3-11)8-6-10-4-5-10/h10-11H,1-9,12H2. The normalized spacial score (nSPS) is 23.5. The smallest absolute Gasteiger partial charge is 0.0108 e. The van der Waals surface area contributed by atoms with Gasteiger partial charge in [0.1, 0.15) is 0 Å².